The number of nitrogens with zero attached hydrogens (tertiary/aromatic N) is 4. The van der Waals surface area contributed by atoms with E-state index in [1.165, 1.54) is 10.8 Å². The lowest BCUT2D eigenvalue weighted by molar-refractivity contribution is -0.00000643. The smallest absolute Gasteiger partial charge is 0.209 e. The first-order valence-electron chi connectivity index (χ1n) is 9.64. The minimum absolute atomic E-state index is 0. The van der Waals surface area contributed by atoms with Crippen molar-refractivity contribution in [3.8, 4) is 5.75 Å². The topological polar surface area (TPSA) is 64.9 Å². The molecule has 1 aromatic heterocycles. The van der Waals surface area contributed by atoms with Crippen LogP contribution in [0.1, 0.15) is 11.1 Å². The van der Waals surface area contributed by atoms with E-state index in [1.807, 2.05) is 31.3 Å². The Bertz CT molecular complexity index is 1120. The van der Waals surface area contributed by atoms with Crippen molar-refractivity contribution in [1.82, 2.24) is 25.5 Å². The molecule has 4 aromatic rings. The van der Waals surface area contributed by atoms with Crippen molar-refractivity contribution in [3.63, 3.8) is 0 Å². The molecule has 0 unspecified atom stereocenters. The Morgan fingerprint density at radius 1 is 1.06 bits per heavy atom. The summed E-state index contributed by atoms with van der Waals surface area (Å²) in [6.07, 6.45) is 0. The van der Waals surface area contributed by atoms with Crippen LogP contribution in [0.15, 0.2) is 65.8 Å². The quantitative estimate of drug-likeness (QED) is 0.292. The molecule has 0 saturated carbocycles. The first-order chi connectivity index (χ1) is 14.7. The zero-order valence-electron chi connectivity index (χ0n) is 17.0. The van der Waals surface area contributed by atoms with E-state index >= 15 is 0 Å². The normalized spacial score (nSPS) is 10.8. The number of halogens is 2. The molecule has 0 fully saturated rings. The highest BCUT2D eigenvalue weighted by Crippen LogP contribution is 2.29. The summed E-state index contributed by atoms with van der Waals surface area (Å²) in [6, 6.07) is 20.3. The molecule has 0 saturated heterocycles. The molecule has 0 spiro atoms. The average Bonchev–Trinajstić information content (AvgIpc) is 3.18. The van der Waals surface area contributed by atoms with Crippen molar-refractivity contribution in [2.45, 2.75) is 18.3 Å². The first-order valence-corrected chi connectivity index (χ1v) is 11.0. The number of tetrazole rings is 1. The molecule has 0 atom stereocenters. The number of benzene rings is 3. The van der Waals surface area contributed by atoms with Crippen LogP contribution in [0.25, 0.3) is 10.8 Å². The Labute approximate surface area is 196 Å². The van der Waals surface area contributed by atoms with Gasteiger partial charge < -0.3 is 22.5 Å². The van der Waals surface area contributed by atoms with Gasteiger partial charge in [0.15, 0.2) is 0 Å². The van der Waals surface area contributed by atoms with Crippen molar-refractivity contribution < 1.29 is 17.1 Å². The Morgan fingerprint density at radius 3 is 2.65 bits per heavy atom. The molecule has 6 nitrogen and oxygen atoms in total. The second kappa shape index (κ2) is 11.3. The number of aryl methyl sites for hydroxylation is 1. The number of hydrogen-bond donors (Lipinski definition) is 1. The van der Waals surface area contributed by atoms with E-state index in [1.54, 1.807) is 16.4 Å². The molecule has 1 heterocycles. The lowest BCUT2D eigenvalue weighted by Crippen LogP contribution is -3.00. The summed E-state index contributed by atoms with van der Waals surface area (Å²) in [5.74, 6) is 1.77. The summed E-state index contributed by atoms with van der Waals surface area (Å²) in [5, 5.41) is 19.0. The van der Waals surface area contributed by atoms with Crippen molar-refractivity contribution in [3.05, 3.63) is 76.8 Å². The molecular formula is C22H22Cl2N5OS-. The minimum atomic E-state index is 0. The highest BCUT2D eigenvalue weighted by atomic mass is 35.5. The monoisotopic (exact) mass is 474 g/mol. The molecule has 9 heteroatoms. The van der Waals surface area contributed by atoms with Crippen LogP contribution < -0.4 is 22.5 Å². The largest absolute Gasteiger partial charge is 1.00 e. The Balaban J connectivity index is 0.00000272. The van der Waals surface area contributed by atoms with Gasteiger partial charge in [-0.15, -0.1) is 5.10 Å². The molecule has 0 aliphatic rings. The molecule has 3 aromatic carbocycles. The summed E-state index contributed by atoms with van der Waals surface area (Å²) in [6.45, 7) is 2.05. The summed E-state index contributed by atoms with van der Waals surface area (Å²) in [5.41, 5.74) is 2.24. The molecule has 0 bridgehead atoms. The van der Waals surface area contributed by atoms with Crippen molar-refractivity contribution in [2.24, 2.45) is 7.05 Å². The molecule has 31 heavy (non-hydrogen) atoms. The second-order valence-corrected chi connectivity index (χ2v) is 8.29. The highest BCUT2D eigenvalue weighted by Gasteiger charge is 2.10. The molecule has 4 rings (SSSR count). The van der Waals surface area contributed by atoms with Crippen molar-refractivity contribution in [1.29, 1.82) is 0 Å². The minimum Gasteiger partial charge on any atom is -1.00 e. The number of rotatable bonds is 9. The van der Waals surface area contributed by atoms with Gasteiger partial charge in [-0.1, -0.05) is 65.8 Å². The van der Waals surface area contributed by atoms with Crippen LogP contribution >= 0.6 is 23.4 Å². The number of nitrogens with one attached hydrogen (secondary N) is 1. The fourth-order valence-corrected chi connectivity index (χ4v) is 4.02. The zero-order chi connectivity index (χ0) is 20.8. The standard InChI is InChI=1S/C22H22ClN5OS.ClH/c1-28-22(25-26-27-28)30-13-12-24-14-20-19-5-3-2-4-17(19)8-11-21(20)29-15-16-6-9-18(23)10-7-16;/h2-11,24H,12-15H2,1H3;1H/p-1. The number of fused-ring (bicyclic) bond motifs is 1. The van der Waals surface area contributed by atoms with Gasteiger partial charge >= 0.3 is 0 Å². The molecule has 0 radical (unpaired) electrons. The van der Waals surface area contributed by atoms with E-state index in [-0.39, 0.29) is 12.4 Å². The second-order valence-electron chi connectivity index (χ2n) is 6.79. The van der Waals surface area contributed by atoms with E-state index in [0.29, 0.717) is 6.61 Å². The summed E-state index contributed by atoms with van der Waals surface area (Å²) in [7, 11) is 1.84. The fraction of sp³-hybridized carbons (Fsp3) is 0.227. The van der Waals surface area contributed by atoms with Gasteiger partial charge in [-0.25, -0.2) is 4.68 Å². The van der Waals surface area contributed by atoms with E-state index in [4.69, 9.17) is 16.3 Å². The molecule has 0 aliphatic carbocycles. The lowest BCUT2D eigenvalue weighted by atomic mass is 10.0. The number of hydrogen-bond acceptors (Lipinski definition) is 6. The maximum Gasteiger partial charge on any atom is 0.209 e. The van der Waals surface area contributed by atoms with Gasteiger partial charge in [-0.2, -0.15) is 0 Å². The maximum absolute atomic E-state index is 6.18. The molecule has 1 N–H and O–H groups in total. The van der Waals surface area contributed by atoms with Crippen LogP contribution in [0.3, 0.4) is 0 Å². The maximum atomic E-state index is 6.18. The Kier molecular flexibility index (Phi) is 8.54. The highest BCUT2D eigenvalue weighted by molar-refractivity contribution is 7.99. The van der Waals surface area contributed by atoms with Crippen LogP contribution in [-0.2, 0) is 20.2 Å². The lowest BCUT2D eigenvalue weighted by Gasteiger charge is -2.15. The number of ether oxygens (including phenoxy) is 1. The van der Waals surface area contributed by atoms with Crippen molar-refractivity contribution >= 4 is 34.1 Å². The summed E-state index contributed by atoms with van der Waals surface area (Å²) >= 11 is 7.61. The third-order valence-electron chi connectivity index (χ3n) is 4.70. The SMILES string of the molecule is Cn1nnnc1SCCNCc1c(OCc2ccc(Cl)cc2)ccc2ccccc12.[Cl-]. The van der Waals surface area contributed by atoms with Crippen LogP contribution in [-0.4, -0.2) is 32.5 Å². The Hall–Kier alpha value is -2.32. The predicted octanol–water partition coefficient (Wildman–Crippen LogP) is 1.48. The number of aromatic nitrogens is 4. The predicted molar refractivity (Wildman–Crippen MR) is 121 cm³/mol. The molecule has 162 valence electrons. The van der Waals surface area contributed by atoms with Gasteiger partial charge in [0.25, 0.3) is 0 Å². The van der Waals surface area contributed by atoms with Gasteiger partial charge in [0, 0.05) is 36.5 Å². The molecular weight excluding hydrogens is 453 g/mol. The van der Waals surface area contributed by atoms with Gasteiger partial charge in [0.2, 0.25) is 5.16 Å². The Morgan fingerprint density at radius 2 is 1.87 bits per heavy atom. The molecule has 0 amide bonds. The van der Waals surface area contributed by atoms with Gasteiger partial charge in [-0.05, 0) is 45.0 Å². The van der Waals surface area contributed by atoms with Gasteiger partial charge in [0.1, 0.15) is 12.4 Å². The van der Waals surface area contributed by atoms with Crippen LogP contribution in [0, 0.1) is 0 Å². The van der Waals surface area contributed by atoms with E-state index in [2.05, 4.69) is 57.2 Å². The zero-order valence-corrected chi connectivity index (χ0v) is 19.3. The van der Waals surface area contributed by atoms with Gasteiger partial charge in [0.05, 0.1) is 0 Å². The fourth-order valence-electron chi connectivity index (χ4n) is 3.15. The summed E-state index contributed by atoms with van der Waals surface area (Å²) in [4.78, 5) is 0. The van der Waals surface area contributed by atoms with Crippen LogP contribution in [0.4, 0.5) is 0 Å². The first kappa shape index (κ1) is 23.3. The summed E-state index contributed by atoms with van der Waals surface area (Å²) < 4.78 is 7.86. The van der Waals surface area contributed by atoms with E-state index in [0.717, 1.165) is 45.9 Å². The van der Waals surface area contributed by atoms with E-state index in [9.17, 15) is 0 Å². The van der Waals surface area contributed by atoms with Crippen LogP contribution in [0.2, 0.25) is 5.02 Å². The third-order valence-corrected chi connectivity index (χ3v) is 5.96. The average molecular weight is 475 g/mol. The van der Waals surface area contributed by atoms with Crippen molar-refractivity contribution in [2.75, 3.05) is 12.3 Å². The number of thioether (sulfide) groups is 1. The van der Waals surface area contributed by atoms with Gasteiger partial charge in [-0.3, -0.25) is 0 Å². The van der Waals surface area contributed by atoms with Crippen LogP contribution in [0.5, 0.6) is 5.75 Å². The van der Waals surface area contributed by atoms with E-state index < -0.39 is 0 Å². The third kappa shape index (κ3) is 6.11. The molecule has 0 aliphatic heterocycles.